The Hall–Kier alpha value is -2.91. The molecule has 2 aliphatic rings. The molecule has 216 valence electrons. The molecule has 2 fully saturated rings. The van der Waals surface area contributed by atoms with E-state index in [9.17, 15) is 13.2 Å². The molecule has 0 N–H and O–H groups in total. The van der Waals surface area contributed by atoms with Gasteiger partial charge in [0.25, 0.3) is 5.91 Å². The Morgan fingerprint density at radius 3 is 2.44 bits per heavy atom. The normalized spacial score (nSPS) is 21.9. The number of rotatable bonds is 11. The molecule has 1 aliphatic carbocycles. The molecule has 4 atom stereocenters. The standard InChI is InChI=1S/C31H33Cl2N3O4S/c1-3-8-27-31(37)36(25(4-2)20-35(28-11-5-6-18-34-28)41(38,39)26-16-17-26)29(21-12-14-23(32)15-13-21)30(40-27)22-9-7-10-24(33)19-22/h3,5-7,9-15,18-19,25-27,29-30H,1,4,8,16-17,20H2,2H3/t25-,27-,29?,30+/m0/s1. The van der Waals surface area contributed by atoms with Gasteiger partial charge in [-0.2, -0.15) is 0 Å². The van der Waals surface area contributed by atoms with Gasteiger partial charge in [-0.1, -0.05) is 66.5 Å². The number of hydrogen-bond donors (Lipinski definition) is 0. The minimum atomic E-state index is -3.67. The lowest BCUT2D eigenvalue weighted by atomic mass is 9.89. The predicted octanol–water partition coefficient (Wildman–Crippen LogP) is 6.75. The quantitative estimate of drug-likeness (QED) is 0.223. The fraction of sp³-hybridized carbons (Fsp3) is 0.355. The SMILES string of the molecule is C=CC[C@@H]1O[C@H](c2cccc(Cl)c2)C(c2ccc(Cl)cc2)N([C@@H](CC)CN(c2ccccn2)S(=O)(=O)C2CC2)C1=O. The minimum Gasteiger partial charge on any atom is -0.358 e. The van der Waals surface area contributed by atoms with E-state index in [2.05, 4.69) is 11.6 Å². The van der Waals surface area contributed by atoms with Gasteiger partial charge in [-0.15, -0.1) is 6.58 Å². The van der Waals surface area contributed by atoms with Crippen molar-refractivity contribution in [1.29, 1.82) is 0 Å². The first-order chi connectivity index (χ1) is 19.7. The van der Waals surface area contributed by atoms with Crippen LogP contribution in [-0.2, 0) is 19.6 Å². The minimum absolute atomic E-state index is 0.0608. The van der Waals surface area contributed by atoms with E-state index in [1.165, 1.54) is 4.31 Å². The molecule has 3 aromatic rings. The van der Waals surface area contributed by atoms with Crippen molar-refractivity contribution in [2.24, 2.45) is 0 Å². The summed E-state index contributed by atoms with van der Waals surface area (Å²) in [4.78, 5) is 20.4. The summed E-state index contributed by atoms with van der Waals surface area (Å²) in [7, 11) is -3.67. The van der Waals surface area contributed by atoms with Gasteiger partial charge in [0.15, 0.2) is 0 Å². The Morgan fingerprint density at radius 2 is 1.83 bits per heavy atom. The Balaban J connectivity index is 1.63. The highest BCUT2D eigenvalue weighted by Gasteiger charge is 2.48. The molecule has 1 aliphatic heterocycles. The van der Waals surface area contributed by atoms with Crippen LogP contribution in [0.15, 0.2) is 85.6 Å². The number of benzene rings is 2. The second kappa shape index (κ2) is 12.5. The van der Waals surface area contributed by atoms with Crippen LogP contribution in [-0.4, -0.2) is 48.1 Å². The van der Waals surface area contributed by atoms with Crippen molar-refractivity contribution >= 4 is 45.0 Å². The van der Waals surface area contributed by atoms with Gasteiger partial charge in [-0.05, 0) is 66.8 Å². The molecule has 0 radical (unpaired) electrons. The van der Waals surface area contributed by atoms with E-state index in [1.807, 2.05) is 42.2 Å². The molecule has 10 heteroatoms. The molecular weight excluding hydrogens is 581 g/mol. The lowest BCUT2D eigenvalue weighted by Gasteiger charge is -2.48. The second-order valence-electron chi connectivity index (χ2n) is 10.4. The summed E-state index contributed by atoms with van der Waals surface area (Å²) in [5, 5.41) is 0.673. The highest BCUT2D eigenvalue weighted by molar-refractivity contribution is 7.93. The van der Waals surface area contributed by atoms with Crippen LogP contribution in [0.4, 0.5) is 5.82 Å². The van der Waals surface area contributed by atoms with E-state index in [4.69, 9.17) is 27.9 Å². The third kappa shape index (κ3) is 6.31. The largest absolute Gasteiger partial charge is 0.358 e. The number of amides is 1. The van der Waals surface area contributed by atoms with Crippen molar-refractivity contribution < 1.29 is 17.9 Å². The van der Waals surface area contributed by atoms with Crippen molar-refractivity contribution in [2.45, 2.75) is 62.1 Å². The first-order valence-corrected chi connectivity index (χ1v) is 16.0. The Morgan fingerprint density at radius 1 is 1.07 bits per heavy atom. The number of hydrogen-bond acceptors (Lipinski definition) is 5. The lowest BCUT2D eigenvalue weighted by molar-refractivity contribution is -0.178. The van der Waals surface area contributed by atoms with E-state index >= 15 is 0 Å². The first-order valence-electron chi connectivity index (χ1n) is 13.8. The number of ether oxygens (including phenoxy) is 1. The number of anilines is 1. The fourth-order valence-electron chi connectivity index (χ4n) is 5.39. The molecule has 1 saturated heterocycles. The smallest absolute Gasteiger partial charge is 0.252 e. The van der Waals surface area contributed by atoms with Gasteiger partial charge in [0.05, 0.1) is 23.9 Å². The van der Waals surface area contributed by atoms with Crippen LogP contribution in [0.2, 0.25) is 10.0 Å². The van der Waals surface area contributed by atoms with Gasteiger partial charge >= 0.3 is 0 Å². The van der Waals surface area contributed by atoms with Crippen molar-refractivity contribution in [3.8, 4) is 0 Å². The summed E-state index contributed by atoms with van der Waals surface area (Å²) < 4.78 is 35.3. The molecule has 2 aromatic carbocycles. The molecule has 1 aromatic heterocycles. The Kier molecular flexibility index (Phi) is 9.04. The van der Waals surface area contributed by atoms with Crippen molar-refractivity contribution in [1.82, 2.24) is 9.88 Å². The number of carbonyl (C=O) groups excluding carboxylic acids is 1. The predicted molar refractivity (Wildman–Crippen MR) is 163 cm³/mol. The van der Waals surface area contributed by atoms with Gasteiger partial charge < -0.3 is 9.64 Å². The van der Waals surface area contributed by atoms with Crippen LogP contribution in [0, 0.1) is 0 Å². The summed E-state index contributed by atoms with van der Waals surface area (Å²) in [6, 6.07) is 18.9. The van der Waals surface area contributed by atoms with Gasteiger partial charge in [0.2, 0.25) is 10.0 Å². The van der Waals surface area contributed by atoms with Gasteiger partial charge in [0.1, 0.15) is 18.0 Å². The summed E-state index contributed by atoms with van der Waals surface area (Å²) in [5.41, 5.74) is 1.63. The number of nitrogens with zero attached hydrogens (tertiary/aromatic N) is 3. The van der Waals surface area contributed by atoms with Gasteiger partial charge in [-0.3, -0.25) is 9.10 Å². The number of halogens is 2. The number of pyridine rings is 1. The van der Waals surface area contributed by atoms with Crippen LogP contribution in [0.25, 0.3) is 0 Å². The Bertz CT molecular complexity index is 1480. The van der Waals surface area contributed by atoms with E-state index in [1.54, 1.807) is 48.7 Å². The Labute approximate surface area is 251 Å². The molecule has 0 spiro atoms. The van der Waals surface area contributed by atoms with Crippen LogP contribution in [0.5, 0.6) is 0 Å². The molecule has 2 heterocycles. The summed E-state index contributed by atoms with van der Waals surface area (Å²) in [5.74, 6) is 0.121. The van der Waals surface area contributed by atoms with Crippen molar-refractivity contribution in [3.05, 3.63) is 107 Å². The molecule has 0 bridgehead atoms. The molecule has 41 heavy (non-hydrogen) atoms. The molecule has 1 amide bonds. The molecular formula is C31H33Cl2N3O4S. The van der Waals surface area contributed by atoms with Crippen LogP contribution >= 0.6 is 23.2 Å². The van der Waals surface area contributed by atoms with E-state index in [0.717, 1.165) is 11.1 Å². The zero-order valence-electron chi connectivity index (χ0n) is 22.8. The number of morpholine rings is 1. The van der Waals surface area contributed by atoms with Crippen LogP contribution in [0.1, 0.15) is 55.9 Å². The van der Waals surface area contributed by atoms with Crippen molar-refractivity contribution in [3.63, 3.8) is 0 Å². The highest BCUT2D eigenvalue weighted by atomic mass is 35.5. The summed E-state index contributed by atoms with van der Waals surface area (Å²) in [6.45, 7) is 5.87. The lowest BCUT2D eigenvalue weighted by Crippen LogP contribution is -2.57. The van der Waals surface area contributed by atoms with Crippen LogP contribution < -0.4 is 4.31 Å². The fourth-order valence-corrected chi connectivity index (χ4v) is 7.56. The second-order valence-corrected chi connectivity index (χ2v) is 13.4. The maximum atomic E-state index is 14.2. The van der Waals surface area contributed by atoms with E-state index in [-0.39, 0.29) is 12.5 Å². The van der Waals surface area contributed by atoms with Gasteiger partial charge in [0, 0.05) is 22.7 Å². The molecule has 1 unspecified atom stereocenters. The monoisotopic (exact) mass is 613 g/mol. The van der Waals surface area contributed by atoms with Crippen molar-refractivity contribution in [2.75, 3.05) is 10.8 Å². The highest BCUT2D eigenvalue weighted by Crippen LogP contribution is 2.45. The zero-order valence-corrected chi connectivity index (χ0v) is 25.1. The molecule has 5 rings (SSSR count). The van der Waals surface area contributed by atoms with E-state index < -0.39 is 39.6 Å². The summed E-state index contributed by atoms with van der Waals surface area (Å²) in [6.07, 6.45) is 3.92. The third-order valence-corrected chi connectivity index (χ3v) is 10.3. The summed E-state index contributed by atoms with van der Waals surface area (Å²) >= 11 is 12.6. The number of carbonyl (C=O) groups is 1. The third-order valence-electron chi connectivity index (χ3n) is 7.60. The van der Waals surface area contributed by atoms with Gasteiger partial charge in [-0.25, -0.2) is 13.4 Å². The number of aromatic nitrogens is 1. The van der Waals surface area contributed by atoms with E-state index in [0.29, 0.717) is 41.5 Å². The molecule has 1 saturated carbocycles. The van der Waals surface area contributed by atoms with Crippen LogP contribution in [0.3, 0.4) is 0 Å². The maximum Gasteiger partial charge on any atom is 0.252 e. The maximum absolute atomic E-state index is 14.2. The number of sulfonamides is 1. The first kappa shape index (κ1) is 29.6. The average molecular weight is 615 g/mol. The molecule has 7 nitrogen and oxygen atoms in total. The average Bonchev–Trinajstić information content (AvgIpc) is 3.83. The zero-order chi connectivity index (χ0) is 29.1. The topological polar surface area (TPSA) is 79.8 Å².